The molecule has 1 saturated heterocycles. The van der Waals surface area contributed by atoms with Gasteiger partial charge in [-0.05, 0) is 25.1 Å². The topological polar surface area (TPSA) is 38.5 Å². The molecule has 3 nitrogen and oxygen atoms in total. The Bertz CT molecular complexity index is 356. The third-order valence-corrected chi connectivity index (χ3v) is 2.95. The van der Waals surface area contributed by atoms with Gasteiger partial charge in [0.25, 0.3) is 0 Å². The second kappa shape index (κ2) is 4.29. The molecule has 2 N–H and O–H groups in total. The van der Waals surface area contributed by atoms with Crippen LogP contribution in [0, 0.1) is 0 Å². The first-order chi connectivity index (χ1) is 7.18. The number of hydrogen-bond donors (Lipinski definition) is 1. The molecule has 0 unspecified atom stereocenters. The molecule has 0 saturated carbocycles. The highest BCUT2D eigenvalue weighted by molar-refractivity contribution is 6.33. The number of halogens is 1. The Balaban J connectivity index is 2.27. The second-order valence-corrected chi connectivity index (χ2v) is 4.24. The highest BCUT2D eigenvalue weighted by atomic mass is 35.5. The maximum atomic E-state index is 6.17. The van der Waals surface area contributed by atoms with Gasteiger partial charge in [-0.3, -0.25) is 0 Å². The Morgan fingerprint density at radius 1 is 1.53 bits per heavy atom. The van der Waals surface area contributed by atoms with Crippen LogP contribution in [0.3, 0.4) is 0 Å². The van der Waals surface area contributed by atoms with Gasteiger partial charge in [0.2, 0.25) is 0 Å². The molecule has 1 aromatic carbocycles. The summed E-state index contributed by atoms with van der Waals surface area (Å²) in [6.07, 6.45) is 0. The average molecular weight is 227 g/mol. The first kappa shape index (κ1) is 10.6. The zero-order valence-electron chi connectivity index (χ0n) is 8.74. The minimum atomic E-state index is 0.361. The highest BCUT2D eigenvalue weighted by Gasteiger charge is 2.20. The summed E-state index contributed by atoms with van der Waals surface area (Å²) in [6.45, 7) is 4.52. The van der Waals surface area contributed by atoms with E-state index >= 15 is 0 Å². The van der Waals surface area contributed by atoms with Crippen LogP contribution in [0.2, 0.25) is 5.02 Å². The average Bonchev–Trinajstić information content (AvgIpc) is 2.20. The van der Waals surface area contributed by atoms with Crippen LogP contribution in [-0.2, 0) is 4.74 Å². The zero-order valence-corrected chi connectivity index (χ0v) is 9.50. The summed E-state index contributed by atoms with van der Waals surface area (Å²) in [5, 5.41) is 0.712. The normalized spacial score (nSPS) is 21.7. The van der Waals surface area contributed by atoms with Gasteiger partial charge in [0.1, 0.15) is 0 Å². The lowest BCUT2D eigenvalue weighted by atomic mass is 10.2. The maximum absolute atomic E-state index is 6.17. The lowest BCUT2D eigenvalue weighted by Gasteiger charge is -2.35. The summed E-state index contributed by atoms with van der Waals surface area (Å²) >= 11 is 6.17. The van der Waals surface area contributed by atoms with E-state index in [0.717, 1.165) is 25.4 Å². The molecule has 1 aliphatic rings. The lowest BCUT2D eigenvalue weighted by molar-refractivity contribution is 0.0989. The Labute approximate surface area is 94.8 Å². The van der Waals surface area contributed by atoms with Crippen LogP contribution >= 0.6 is 11.6 Å². The molecule has 15 heavy (non-hydrogen) atoms. The van der Waals surface area contributed by atoms with Gasteiger partial charge in [0.05, 0.1) is 23.9 Å². The summed E-state index contributed by atoms with van der Waals surface area (Å²) < 4.78 is 5.39. The van der Waals surface area contributed by atoms with E-state index in [9.17, 15) is 0 Å². The van der Waals surface area contributed by atoms with Crippen LogP contribution in [-0.4, -0.2) is 25.8 Å². The van der Waals surface area contributed by atoms with E-state index < -0.39 is 0 Å². The minimum Gasteiger partial charge on any atom is -0.399 e. The number of hydrogen-bond acceptors (Lipinski definition) is 3. The molecule has 4 heteroatoms. The number of benzene rings is 1. The molecule has 0 radical (unpaired) electrons. The van der Waals surface area contributed by atoms with Crippen molar-refractivity contribution in [3.63, 3.8) is 0 Å². The Morgan fingerprint density at radius 3 is 3.00 bits per heavy atom. The van der Waals surface area contributed by atoms with Gasteiger partial charge in [-0.15, -0.1) is 0 Å². The van der Waals surface area contributed by atoms with E-state index in [0.29, 0.717) is 16.8 Å². The molecule has 0 spiro atoms. The molecule has 1 aliphatic heterocycles. The van der Waals surface area contributed by atoms with Gasteiger partial charge in [-0.1, -0.05) is 11.6 Å². The lowest BCUT2D eigenvalue weighted by Crippen LogP contribution is -2.43. The van der Waals surface area contributed by atoms with Gasteiger partial charge < -0.3 is 15.4 Å². The van der Waals surface area contributed by atoms with Gasteiger partial charge >= 0.3 is 0 Å². The number of nitrogen functional groups attached to an aromatic ring is 1. The largest absolute Gasteiger partial charge is 0.399 e. The van der Waals surface area contributed by atoms with Crippen molar-refractivity contribution in [3.8, 4) is 0 Å². The van der Waals surface area contributed by atoms with Crippen LogP contribution < -0.4 is 10.6 Å². The zero-order chi connectivity index (χ0) is 10.8. The Hall–Kier alpha value is -0.930. The van der Waals surface area contributed by atoms with Crippen molar-refractivity contribution < 1.29 is 4.74 Å². The SMILES string of the molecule is C[C@@H]1COCCN1c1ccc(N)cc1Cl. The van der Waals surface area contributed by atoms with Crippen LogP contribution in [0.15, 0.2) is 18.2 Å². The van der Waals surface area contributed by atoms with E-state index in [1.165, 1.54) is 0 Å². The van der Waals surface area contributed by atoms with Crippen molar-refractivity contribution in [2.75, 3.05) is 30.4 Å². The smallest absolute Gasteiger partial charge is 0.0668 e. The van der Waals surface area contributed by atoms with E-state index in [1.807, 2.05) is 12.1 Å². The molecule has 0 aromatic heterocycles. The van der Waals surface area contributed by atoms with E-state index in [-0.39, 0.29) is 0 Å². The molecule has 0 bridgehead atoms. The number of morpholine rings is 1. The summed E-state index contributed by atoms with van der Waals surface area (Å²) in [4.78, 5) is 2.26. The van der Waals surface area contributed by atoms with Crippen molar-refractivity contribution in [1.29, 1.82) is 0 Å². The van der Waals surface area contributed by atoms with Gasteiger partial charge in [-0.2, -0.15) is 0 Å². The molecular formula is C11H15ClN2O. The summed E-state index contributed by atoms with van der Waals surface area (Å²) in [5.41, 5.74) is 7.41. The van der Waals surface area contributed by atoms with Crippen molar-refractivity contribution >= 4 is 23.0 Å². The van der Waals surface area contributed by atoms with Crippen LogP contribution in [0.4, 0.5) is 11.4 Å². The molecule has 1 aromatic rings. The first-order valence-corrected chi connectivity index (χ1v) is 5.45. The molecule has 1 atom stereocenters. The quantitative estimate of drug-likeness (QED) is 0.746. The molecule has 2 rings (SSSR count). The second-order valence-electron chi connectivity index (χ2n) is 3.83. The molecule has 0 amide bonds. The molecule has 1 fully saturated rings. The molecule has 1 heterocycles. The summed E-state index contributed by atoms with van der Waals surface area (Å²) in [7, 11) is 0. The Morgan fingerprint density at radius 2 is 2.33 bits per heavy atom. The fourth-order valence-corrected chi connectivity index (χ4v) is 2.14. The van der Waals surface area contributed by atoms with Gasteiger partial charge in [0.15, 0.2) is 0 Å². The van der Waals surface area contributed by atoms with Crippen molar-refractivity contribution in [2.45, 2.75) is 13.0 Å². The van der Waals surface area contributed by atoms with Crippen molar-refractivity contribution in [1.82, 2.24) is 0 Å². The van der Waals surface area contributed by atoms with Crippen LogP contribution in [0.5, 0.6) is 0 Å². The number of nitrogens with zero attached hydrogens (tertiary/aromatic N) is 1. The van der Waals surface area contributed by atoms with Crippen LogP contribution in [0.25, 0.3) is 0 Å². The number of ether oxygens (including phenoxy) is 1. The predicted octanol–water partition coefficient (Wildman–Crippen LogP) is 2.15. The first-order valence-electron chi connectivity index (χ1n) is 5.08. The third kappa shape index (κ3) is 2.19. The number of rotatable bonds is 1. The monoisotopic (exact) mass is 226 g/mol. The van der Waals surface area contributed by atoms with Gasteiger partial charge in [-0.25, -0.2) is 0 Å². The summed E-state index contributed by atoms with van der Waals surface area (Å²) in [6, 6.07) is 6.00. The fraction of sp³-hybridized carbons (Fsp3) is 0.455. The standard InChI is InChI=1S/C11H15ClN2O/c1-8-7-15-5-4-14(8)11-3-2-9(13)6-10(11)12/h2-3,6,8H,4-5,7,13H2,1H3/t8-/m1/s1. The van der Waals surface area contributed by atoms with Gasteiger partial charge in [0, 0.05) is 18.3 Å². The highest BCUT2D eigenvalue weighted by Crippen LogP contribution is 2.30. The fourth-order valence-electron chi connectivity index (χ4n) is 1.84. The maximum Gasteiger partial charge on any atom is 0.0668 e. The van der Waals surface area contributed by atoms with Crippen LogP contribution in [0.1, 0.15) is 6.92 Å². The Kier molecular flexibility index (Phi) is 3.03. The number of anilines is 2. The molecular weight excluding hydrogens is 212 g/mol. The van der Waals surface area contributed by atoms with E-state index in [2.05, 4.69) is 11.8 Å². The summed E-state index contributed by atoms with van der Waals surface area (Å²) in [5.74, 6) is 0. The van der Waals surface area contributed by atoms with E-state index in [1.54, 1.807) is 6.07 Å². The minimum absolute atomic E-state index is 0.361. The van der Waals surface area contributed by atoms with Crippen molar-refractivity contribution in [2.24, 2.45) is 0 Å². The molecule has 82 valence electrons. The predicted molar refractivity (Wildman–Crippen MR) is 63.5 cm³/mol. The number of nitrogens with two attached hydrogens (primary N) is 1. The van der Waals surface area contributed by atoms with Crippen molar-refractivity contribution in [3.05, 3.63) is 23.2 Å². The van der Waals surface area contributed by atoms with E-state index in [4.69, 9.17) is 22.1 Å². The molecule has 0 aliphatic carbocycles. The third-order valence-electron chi connectivity index (χ3n) is 2.65.